The molecule has 110 valence electrons. The summed E-state index contributed by atoms with van der Waals surface area (Å²) in [6.45, 7) is 3.55. The van der Waals surface area contributed by atoms with Gasteiger partial charge in [0.05, 0.1) is 11.6 Å². The summed E-state index contributed by atoms with van der Waals surface area (Å²) in [5.41, 5.74) is -0.0130. The van der Waals surface area contributed by atoms with Crippen molar-refractivity contribution in [2.75, 3.05) is 13.1 Å². The van der Waals surface area contributed by atoms with E-state index in [0.717, 1.165) is 38.1 Å². The van der Waals surface area contributed by atoms with Gasteiger partial charge in [0.15, 0.2) is 5.78 Å². The van der Waals surface area contributed by atoms with E-state index < -0.39 is 11.6 Å². The Balaban J connectivity index is 2.10. The van der Waals surface area contributed by atoms with Gasteiger partial charge in [-0.25, -0.2) is 8.78 Å². The van der Waals surface area contributed by atoms with Gasteiger partial charge in [0.25, 0.3) is 0 Å². The number of Topliss-reactive ketones (excluding diaryl/α,β-unsaturated/α-hetero) is 1. The molecule has 1 aromatic carbocycles. The molecule has 0 bridgehead atoms. The lowest BCUT2D eigenvalue weighted by atomic mass is 10.0. The van der Waals surface area contributed by atoms with Crippen molar-refractivity contribution in [3.63, 3.8) is 0 Å². The SMILES string of the molecule is CC(C(=O)c1ccc(F)cc1F)N1CCCCCCC1. The second-order valence-electron chi connectivity index (χ2n) is 5.47. The molecule has 20 heavy (non-hydrogen) atoms. The molecular weight excluding hydrogens is 260 g/mol. The second kappa shape index (κ2) is 6.93. The Morgan fingerprint density at radius 3 is 2.30 bits per heavy atom. The summed E-state index contributed by atoms with van der Waals surface area (Å²) in [6.07, 6.45) is 5.76. The highest BCUT2D eigenvalue weighted by Gasteiger charge is 2.24. The number of hydrogen-bond donors (Lipinski definition) is 0. The summed E-state index contributed by atoms with van der Waals surface area (Å²) >= 11 is 0. The molecule has 1 aromatic rings. The zero-order valence-corrected chi connectivity index (χ0v) is 11.9. The average molecular weight is 281 g/mol. The highest BCUT2D eigenvalue weighted by atomic mass is 19.1. The molecule has 1 saturated heterocycles. The Morgan fingerprint density at radius 1 is 1.10 bits per heavy atom. The van der Waals surface area contributed by atoms with Crippen LogP contribution in [0.25, 0.3) is 0 Å². The van der Waals surface area contributed by atoms with E-state index in [-0.39, 0.29) is 17.4 Å². The summed E-state index contributed by atoms with van der Waals surface area (Å²) in [6, 6.07) is 2.80. The van der Waals surface area contributed by atoms with Gasteiger partial charge in [-0.1, -0.05) is 19.3 Å². The molecule has 0 aromatic heterocycles. The number of benzene rings is 1. The largest absolute Gasteiger partial charge is 0.294 e. The molecule has 0 saturated carbocycles. The first-order valence-electron chi connectivity index (χ1n) is 7.33. The summed E-state index contributed by atoms with van der Waals surface area (Å²) in [5, 5.41) is 0. The van der Waals surface area contributed by atoms with Crippen LogP contribution in [-0.2, 0) is 0 Å². The zero-order chi connectivity index (χ0) is 14.5. The van der Waals surface area contributed by atoms with Crippen LogP contribution in [0, 0.1) is 11.6 Å². The van der Waals surface area contributed by atoms with Crippen LogP contribution in [0.5, 0.6) is 0 Å². The predicted octanol–water partition coefficient (Wildman–Crippen LogP) is 3.80. The Morgan fingerprint density at radius 2 is 1.70 bits per heavy atom. The highest BCUT2D eigenvalue weighted by molar-refractivity contribution is 6.00. The minimum Gasteiger partial charge on any atom is -0.294 e. The number of nitrogens with zero attached hydrogens (tertiary/aromatic N) is 1. The third-order valence-corrected chi connectivity index (χ3v) is 4.01. The molecule has 1 aliphatic rings. The first-order chi connectivity index (χ1) is 9.59. The lowest BCUT2D eigenvalue weighted by Gasteiger charge is -2.29. The maximum Gasteiger partial charge on any atom is 0.182 e. The van der Waals surface area contributed by atoms with Crippen molar-refractivity contribution in [1.29, 1.82) is 0 Å². The maximum absolute atomic E-state index is 13.7. The van der Waals surface area contributed by atoms with Crippen LogP contribution < -0.4 is 0 Å². The monoisotopic (exact) mass is 281 g/mol. The fourth-order valence-electron chi connectivity index (χ4n) is 2.74. The van der Waals surface area contributed by atoms with E-state index in [2.05, 4.69) is 4.90 Å². The summed E-state index contributed by atoms with van der Waals surface area (Å²) in [5.74, 6) is -1.69. The number of halogens is 2. The number of rotatable bonds is 3. The van der Waals surface area contributed by atoms with Gasteiger partial charge in [0.1, 0.15) is 11.6 Å². The van der Waals surface area contributed by atoms with Crippen LogP contribution in [0.3, 0.4) is 0 Å². The zero-order valence-electron chi connectivity index (χ0n) is 11.9. The molecule has 0 amide bonds. The van der Waals surface area contributed by atoms with E-state index >= 15 is 0 Å². The molecular formula is C16H21F2NO. The Bertz CT molecular complexity index is 468. The van der Waals surface area contributed by atoms with Crippen LogP contribution >= 0.6 is 0 Å². The normalized spacial score (nSPS) is 19.1. The van der Waals surface area contributed by atoms with Gasteiger partial charge in [0, 0.05) is 6.07 Å². The first kappa shape index (κ1) is 15.1. The molecule has 1 fully saturated rings. The molecule has 0 radical (unpaired) electrons. The highest BCUT2D eigenvalue weighted by Crippen LogP contribution is 2.18. The molecule has 2 rings (SSSR count). The van der Waals surface area contributed by atoms with Gasteiger partial charge < -0.3 is 0 Å². The molecule has 1 heterocycles. The third-order valence-electron chi connectivity index (χ3n) is 4.01. The standard InChI is InChI=1S/C16H21F2NO/c1-12(19-9-5-3-2-4-6-10-19)16(20)14-8-7-13(17)11-15(14)18/h7-8,11-12H,2-6,9-10H2,1H3. The second-order valence-corrected chi connectivity index (χ2v) is 5.47. The van der Waals surface area contributed by atoms with Crippen molar-refractivity contribution in [1.82, 2.24) is 4.90 Å². The minimum atomic E-state index is -0.770. The van der Waals surface area contributed by atoms with Crippen LogP contribution in [-0.4, -0.2) is 29.8 Å². The maximum atomic E-state index is 13.7. The van der Waals surface area contributed by atoms with E-state index in [9.17, 15) is 13.6 Å². The minimum absolute atomic E-state index is 0.0130. The van der Waals surface area contributed by atoms with Crippen molar-refractivity contribution in [2.24, 2.45) is 0 Å². The topological polar surface area (TPSA) is 20.3 Å². The van der Waals surface area contributed by atoms with Crippen molar-refractivity contribution in [3.8, 4) is 0 Å². The van der Waals surface area contributed by atoms with E-state index in [1.54, 1.807) is 0 Å². The Kier molecular flexibility index (Phi) is 5.24. The number of hydrogen-bond acceptors (Lipinski definition) is 2. The lowest BCUT2D eigenvalue weighted by molar-refractivity contribution is 0.0821. The van der Waals surface area contributed by atoms with E-state index in [1.807, 2.05) is 6.92 Å². The van der Waals surface area contributed by atoms with E-state index in [0.29, 0.717) is 0 Å². The smallest absolute Gasteiger partial charge is 0.182 e. The summed E-state index contributed by atoms with van der Waals surface area (Å²) in [7, 11) is 0. The van der Waals surface area contributed by atoms with Crippen LogP contribution in [0.4, 0.5) is 8.78 Å². The molecule has 0 aliphatic carbocycles. The number of ketones is 1. The van der Waals surface area contributed by atoms with E-state index in [4.69, 9.17) is 0 Å². The van der Waals surface area contributed by atoms with Crippen molar-refractivity contribution in [3.05, 3.63) is 35.4 Å². The molecule has 1 unspecified atom stereocenters. The molecule has 1 atom stereocenters. The fourth-order valence-corrected chi connectivity index (χ4v) is 2.74. The van der Waals surface area contributed by atoms with Crippen LogP contribution in [0.2, 0.25) is 0 Å². The van der Waals surface area contributed by atoms with E-state index in [1.165, 1.54) is 25.3 Å². The average Bonchev–Trinajstić information content (AvgIpc) is 2.37. The van der Waals surface area contributed by atoms with Crippen LogP contribution in [0.15, 0.2) is 18.2 Å². The third kappa shape index (κ3) is 3.63. The Hall–Kier alpha value is -1.29. The van der Waals surface area contributed by atoms with Crippen molar-refractivity contribution in [2.45, 2.75) is 45.1 Å². The summed E-state index contributed by atoms with van der Waals surface area (Å²) < 4.78 is 26.6. The number of carbonyl (C=O) groups excluding carboxylic acids is 1. The molecule has 1 aliphatic heterocycles. The molecule has 4 heteroatoms. The lowest BCUT2D eigenvalue weighted by Crippen LogP contribution is -2.41. The van der Waals surface area contributed by atoms with Crippen molar-refractivity contribution < 1.29 is 13.6 Å². The van der Waals surface area contributed by atoms with Gasteiger partial charge in [-0.2, -0.15) is 0 Å². The fraction of sp³-hybridized carbons (Fsp3) is 0.562. The molecule has 2 nitrogen and oxygen atoms in total. The van der Waals surface area contributed by atoms with Gasteiger partial charge >= 0.3 is 0 Å². The molecule has 0 N–H and O–H groups in total. The van der Waals surface area contributed by atoms with Gasteiger partial charge in [-0.05, 0) is 45.0 Å². The molecule has 0 spiro atoms. The quantitative estimate of drug-likeness (QED) is 0.785. The van der Waals surface area contributed by atoms with Gasteiger partial charge in [-0.15, -0.1) is 0 Å². The predicted molar refractivity (Wildman–Crippen MR) is 74.8 cm³/mol. The van der Waals surface area contributed by atoms with Crippen LogP contribution in [0.1, 0.15) is 49.4 Å². The Labute approximate surface area is 118 Å². The summed E-state index contributed by atoms with van der Waals surface area (Å²) in [4.78, 5) is 14.5. The number of carbonyl (C=O) groups is 1. The van der Waals surface area contributed by atoms with Crippen molar-refractivity contribution >= 4 is 5.78 Å². The van der Waals surface area contributed by atoms with Gasteiger partial charge in [-0.3, -0.25) is 9.69 Å². The van der Waals surface area contributed by atoms with Gasteiger partial charge in [0.2, 0.25) is 0 Å². The first-order valence-corrected chi connectivity index (χ1v) is 7.33. The number of likely N-dealkylation sites (tertiary alicyclic amines) is 1.